The second kappa shape index (κ2) is 5.93. The van der Waals surface area contributed by atoms with Crippen LogP contribution < -0.4 is 14.8 Å². The molecule has 0 spiro atoms. The second-order valence-electron chi connectivity index (χ2n) is 4.80. The Balaban J connectivity index is 3.27. The van der Waals surface area contributed by atoms with E-state index < -0.39 is 11.5 Å². The number of aliphatic carboxylic acids is 1. The van der Waals surface area contributed by atoms with Crippen molar-refractivity contribution in [2.24, 2.45) is 0 Å². The number of rotatable bonds is 6. The SMILES string of the molecule is COc1ccc(C(C)(NC(C)C)C(=O)O)cc1OC. The standard InChI is InChI=1S/C14H21NO4/c1-9(2)15-14(3,13(16)17)10-6-7-11(18-4)12(8-10)19-5/h6-9,15H,1-5H3,(H,16,17). The fourth-order valence-electron chi connectivity index (χ4n) is 1.99. The first-order valence-electron chi connectivity index (χ1n) is 6.08. The molecule has 5 nitrogen and oxygen atoms in total. The first kappa shape index (κ1) is 15.3. The lowest BCUT2D eigenvalue weighted by Gasteiger charge is -2.29. The summed E-state index contributed by atoms with van der Waals surface area (Å²) in [6.45, 7) is 5.44. The molecule has 0 heterocycles. The molecule has 19 heavy (non-hydrogen) atoms. The Kier molecular flexibility index (Phi) is 4.78. The van der Waals surface area contributed by atoms with Crippen molar-refractivity contribution in [2.45, 2.75) is 32.4 Å². The number of benzene rings is 1. The first-order chi connectivity index (χ1) is 8.85. The number of methoxy groups -OCH3 is 2. The maximum atomic E-state index is 11.6. The number of ether oxygens (including phenoxy) is 2. The molecular weight excluding hydrogens is 246 g/mol. The van der Waals surface area contributed by atoms with E-state index >= 15 is 0 Å². The summed E-state index contributed by atoms with van der Waals surface area (Å²) in [6.07, 6.45) is 0. The maximum Gasteiger partial charge on any atom is 0.328 e. The van der Waals surface area contributed by atoms with Gasteiger partial charge >= 0.3 is 5.97 Å². The Morgan fingerprint density at radius 2 is 1.84 bits per heavy atom. The van der Waals surface area contributed by atoms with Crippen molar-refractivity contribution >= 4 is 5.97 Å². The molecule has 1 rings (SSSR count). The topological polar surface area (TPSA) is 67.8 Å². The van der Waals surface area contributed by atoms with Crippen molar-refractivity contribution in [2.75, 3.05) is 14.2 Å². The summed E-state index contributed by atoms with van der Waals surface area (Å²) in [5, 5.41) is 12.6. The normalized spacial score (nSPS) is 14.0. The van der Waals surface area contributed by atoms with Crippen LogP contribution in [0.3, 0.4) is 0 Å². The molecule has 1 unspecified atom stereocenters. The third kappa shape index (κ3) is 3.17. The van der Waals surface area contributed by atoms with E-state index in [0.717, 1.165) is 0 Å². The largest absolute Gasteiger partial charge is 0.493 e. The van der Waals surface area contributed by atoms with E-state index in [-0.39, 0.29) is 6.04 Å². The molecule has 5 heteroatoms. The highest BCUT2D eigenvalue weighted by Gasteiger charge is 2.36. The van der Waals surface area contributed by atoms with Crippen LogP contribution in [0.25, 0.3) is 0 Å². The Morgan fingerprint density at radius 3 is 2.26 bits per heavy atom. The van der Waals surface area contributed by atoms with Gasteiger partial charge in [-0.05, 0) is 38.5 Å². The van der Waals surface area contributed by atoms with Gasteiger partial charge in [-0.3, -0.25) is 5.32 Å². The highest BCUT2D eigenvalue weighted by Crippen LogP contribution is 2.32. The number of carbonyl (C=O) groups is 1. The number of nitrogens with one attached hydrogen (secondary N) is 1. The van der Waals surface area contributed by atoms with Gasteiger partial charge in [0.2, 0.25) is 0 Å². The van der Waals surface area contributed by atoms with Crippen molar-refractivity contribution in [3.05, 3.63) is 23.8 Å². The molecule has 0 saturated carbocycles. The van der Waals surface area contributed by atoms with Crippen LogP contribution in [0.15, 0.2) is 18.2 Å². The van der Waals surface area contributed by atoms with Crippen LogP contribution in [0.1, 0.15) is 26.3 Å². The van der Waals surface area contributed by atoms with Crippen LogP contribution in [0.5, 0.6) is 11.5 Å². The fraction of sp³-hybridized carbons (Fsp3) is 0.500. The van der Waals surface area contributed by atoms with E-state index in [9.17, 15) is 9.90 Å². The van der Waals surface area contributed by atoms with Gasteiger partial charge in [0.05, 0.1) is 14.2 Å². The van der Waals surface area contributed by atoms with E-state index in [4.69, 9.17) is 9.47 Å². The summed E-state index contributed by atoms with van der Waals surface area (Å²) in [5.41, 5.74) is -0.556. The predicted octanol–water partition coefficient (Wildman–Crippen LogP) is 2.00. The smallest absolute Gasteiger partial charge is 0.328 e. The fourth-order valence-corrected chi connectivity index (χ4v) is 1.99. The predicted molar refractivity (Wildman–Crippen MR) is 72.8 cm³/mol. The monoisotopic (exact) mass is 267 g/mol. The summed E-state index contributed by atoms with van der Waals surface area (Å²) in [6, 6.07) is 5.15. The summed E-state index contributed by atoms with van der Waals surface area (Å²) < 4.78 is 10.4. The Hall–Kier alpha value is -1.75. The number of carboxylic acid groups (broad SMARTS) is 1. The minimum Gasteiger partial charge on any atom is -0.493 e. The summed E-state index contributed by atoms with van der Waals surface area (Å²) in [7, 11) is 3.07. The van der Waals surface area contributed by atoms with Crippen molar-refractivity contribution in [3.63, 3.8) is 0 Å². The highest BCUT2D eigenvalue weighted by atomic mass is 16.5. The van der Waals surface area contributed by atoms with E-state index in [0.29, 0.717) is 17.1 Å². The van der Waals surface area contributed by atoms with Gasteiger partial charge in [-0.25, -0.2) is 4.79 Å². The summed E-state index contributed by atoms with van der Waals surface area (Å²) >= 11 is 0. The van der Waals surface area contributed by atoms with E-state index in [1.807, 2.05) is 13.8 Å². The number of carboxylic acids is 1. The third-order valence-corrected chi connectivity index (χ3v) is 2.97. The molecule has 2 N–H and O–H groups in total. The van der Waals surface area contributed by atoms with E-state index in [1.54, 1.807) is 32.2 Å². The van der Waals surface area contributed by atoms with Gasteiger partial charge in [0.1, 0.15) is 5.54 Å². The zero-order chi connectivity index (χ0) is 14.6. The first-order valence-corrected chi connectivity index (χ1v) is 6.08. The number of hydrogen-bond donors (Lipinski definition) is 2. The second-order valence-corrected chi connectivity index (χ2v) is 4.80. The lowest BCUT2D eigenvalue weighted by molar-refractivity contribution is -0.144. The van der Waals surface area contributed by atoms with Crippen molar-refractivity contribution in [1.82, 2.24) is 5.32 Å². The van der Waals surface area contributed by atoms with E-state index in [2.05, 4.69) is 5.32 Å². The third-order valence-electron chi connectivity index (χ3n) is 2.97. The molecule has 0 saturated heterocycles. The van der Waals surface area contributed by atoms with Crippen LogP contribution in [0.2, 0.25) is 0 Å². The lowest BCUT2D eigenvalue weighted by Crippen LogP contribution is -2.49. The van der Waals surface area contributed by atoms with Gasteiger partial charge in [0, 0.05) is 6.04 Å². The average molecular weight is 267 g/mol. The van der Waals surface area contributed by atoms with Crippen LogP contribution in [0.4, 0.5) is 0 Å². The zero-order valence-corrected chi connectivity index (χ0v) is 12.0. The molecule has 1 atom stereocenters. The molecule has 0 aliphatic rings. The quantitative estimate of drug-likeness (QED) is 0.825. The average Bonchev–Trinajstić information content (AvgIpc) is 2.36. The molecule has 1 aromatic carbocycles. The Morgan fingerprint density at radius 1 is 1.26 bits per heavy atom. The molecule has 106 valence electrons. The minimum atomic E-state index is -1.17. The molecule has 0 radical (unpaired) electrons. The van der Waals surface area contributed by atoms with Gasteiger partial charge in [-0.1, -0.05) is 6.07 Å². The van der Waals surface area contributed by atoms with Gasteiger partial charge in [0.25, 0.3) is 0 Å². The molecule has 0 amide bonds. The van der Waals surface area contributed by atoms with Crippen molar-refractivity contribution in [1.29, 1.82) is 0 Å². The van der Waals surface area contributed by atoms with Crippen LogP contribution in [-0.2, 0) is 10.3 Å². The molecular formula is C14H21NO4. The zero-order valence-electron chi connectivity index (χ0n) is 12.0. The van der Waals surface area contributed by atoms with Gasteiger partial charge < -0.3 is 14.6 Å². The molecule has 0 aliphatic heterocycles. The van der Waals surface area contributed by atoms with Crippen LogP contribution in [-0.4, -0.2) is 31.3 Å². The summed E-state index contributed by atoms with van der Waals surface area (Å²) in [4.78, 5) is 11.6. The number of hydrogen-bond acceptors (Lipinski definition) is 4. The van der Waals surface area contributed by atoms with Crippen molar-refractivity contribution in [3.8, 4) is 11.5 Å². The van der Waals surface area contributed by atoms with Gasteiger partial charge in [-0.15, -0.1) is 0 Å². The minimum absolute atomic E-state index is 0.0363. The molecule has 1 aromatic rings. The highest BCUT2D eigenvalue weighted by molar-refractivity contribution is 5.80. The summed E-state index contributed by atoms with van der Waals surface area (Å²) in [5.74, 6) is 0.148. The lowest BCUT2D eigenvalue weighted by atomic mass is 9.91. The Bertz CT molecular complexity index is 459. The molecule has 0 aliphatic carbocycles. The molecule has 0 aromatic heterocycles. The Labute approximate surface area is 113 Å². The van der Waals surface area contributed by atoms with Crippen LogP contribution in [0, 0.1) is 0 Å². The molecule has 0 fully saturated rings. The maximum absolute atomic E-state index is 11.6. The van der Waals surface area contributed by atoms with Crippen LogP contribution >= 0.6 is 0 Å². The molecule has 0 bridgehead atoms. The van der Waals surface area contributed by atoms with Gasteiger partial charge in [-0.2, -0.15) is 0 Å². The van der Waals surface area contributed by atoms with Crippen molar-refractivity contribution < 1.29 is 19.4 Å². The van der Waals surface area contributed by atoms with Gasteiger partial charge in [0.15, 0.2) is 11.5 Å². The van der Waals surface area contributed by atoms with E-state index in [1.165, 1.54) is 7.11 Å².